The molecule has 0 aromatic heterocycles. The molecule has 1 rings (SSSR count). The average Bonchev–Trinajstić information content (AvgIpc) is 2.27. The first-order chi connectivity index (χ1) is 7.82. The van der Waals surface area contributed by atoms with E-state index in [4.69, 9.17) is 34.8 Å². The quantitative estimate of drug-likeness (QED) is 0.485. The highest BCUT2D eigenvalue weighted by Crippen LogP contribution is 2.16. The second-order valence-corrected chi connectivity index (χ2v) is 3.98. The summed E-state index contributed by atoms with van der Waals surface area (Å²) in [5, 5.41) is -3.01. The first-order valence-electron chi connectivity index (χ1n) is 4.12. The van der Waals surface area contributed by atoms with Crippen LogP contribution in [0.25, 0.3) is 0 Å². The molecule has 0 unspecified atom stereocenters. The molecule has 0 fully saturated rings. The maximum Gasteiger partial charge on any atom is 0.293 e. The summed E-state index contributed by atoms with van der Waals surface area (Å²) in [4.78, 5) is 43.9. The lowest BCUT2D eigenvalue weighted by atomic mass is 10.0. The Balaban J connectivity index is 3.41. The standard InChI is InChI=1S/C10H3Cl3O4/c11-8(15)5-1-4(7(14)10(13)17)2-6(3-5)9(12)16/h1-3H. The molecule has 0 heterocycles. The zero-order valence-electron chi connectivity index (χ0n) is 8.00. The molecule has 0 aliphatic rings. The average molecular weight is 293 g/mol. The van der Waals surface area contributed by atoms with Crippen molar-refractivity contribution in [3.8, 4) is 0 Å². The van der Waals surface area contributed by atoms with E-state index in [9.17, 15) is 19.2 Å². The van der Waals surface area contributed by atoms with Gasteiger partial charge in [-0.2, -0.15) is 0 Å². The van der Waals surface area contributed by atoms with E-state index >= 15 is 0 Å². The van der Waals surface area contributed by atoms with Crippen molar-refractivity contribution >= 4 is 56.3 Å². The van der Waals surface area contributed by atoms with E-state index in [-0.39, 0.29) is 16.7 Å². The Morgan fingerprint density at radius 3 is 1.35 bits per heavy atom. The topological polar surface area (TPSA) is 68.3 Å². The van der Waals surface area contributed by atoms with Crippen molar-refractivity contribution in [1.82, 2.24) is 0 Å². The summed E-state index contributed by atoms with van der Waals surface area (Å²) in [6.07, 6.45) is 0. The van der Waals surface area contributed by atoms with Crippen molar-refractivity contribution in [2.75, 3.05) is 0 Å². The molecule has 1 aromatic carbocycles. The highest BCUT2D eigenvalue weighted by atomic mass is 35.5. The summed E-state index contributed by atoms with van der Waals surface area (Å²) in [5.74, 6) is -1.05. The van der Waals surface area contributed by atoms with E-state index in [1.165, 1.54) is 0 Å². The molecule has 17 heavy (non-hydrogen) atoms. The van der Waals surface area contributed by atoms with E-state index in [1.54, 1.807) is 0 Å². The molecule has 7 heteroatoms. The molecular weight excluding hydrogens is 290 g/mol. The minimum Gasteiger partial charge on any atom is -0.284 e. The zero-order chi connectivity index (χ0) is 13.2. The van der Waals surface area contributed by atoms with E-state index in [0.29, 0.717) is 0 Å². The molecule has 0 radical (unpaired) electrons. The van der Waals surface area contributed by atoms with Crippen LogP contribution in [-0.4, -0.2) is 21.5 Å². The molecule has 0 saturated heterocycles. The number of hydrogen-bond donors (Lipinski definition) is 0. The highest BCUT2D eigenvalue weighted by molar-refractivity contribution is 6.83. The monoisotopic (exact) mass is 292 g/mol. The number of hydrogen-bond acceptors (Lipinski definition) is 4. The van der Waals surface area contributed by atoms with Crippen LogP contribution in [0.1, 0.15) is 31.1 Å². The number of benzene rings is 1. The van der Waals surface area contributed by atoms with Gasteiger partial charge in [0.25, 0.3) is 15.7 Å². The third-order valence-electron chi connectivity index (χ3n) is 1.83. The molecule has 0 atom stereocenters. The number of Topliss-reactive ketones (excluding diaryl/α,β-unsaturated/α-hetero) is 1. The summed E-state index contributed by atoms with van der Waals surface area (Å²) in [6, 6.07) is 3.22. The molecule has 1 aromatic rings. The molecule has 0 aliphatic carbocycles. The second kappa shape index (κ2) is 5.40. The fourth-order valence-corrected chi connectivity index (χ4v) is 1.43. The minimum atomic E-state index is -1.24. The van der Waals surface area contributed by atoms with Crippen LogP contribution in [-0.2, 0) is 4.79 Å². The van der Waals surface area contributed by atoms with Crippen LogP contribution in [0.3, 0.4) is 0 Å². The number of halogens is 3. The van der Waals surface area contributed by atoms with Gasteiger partial charge in [-0.3, -0.25) is 19.2 Å². The van der Waals surface area contributed by atoms with Gasteiger partial charge in [0.05, 0.1) is 0 Å². The SMILES string of the molecule is O=C(Cl)C(=O)c1cc(C(=O)Cl)cc(C(=O)Cl)c1. The fraction of sp³-hybridized carbons (Fsp3) is 0. The summed E-state index contributed by atoms with van der Waals surface area (Å²) >= 11 is 15.4. The first kappa shape index (κ1) is 13.8. The molecule has 0 bridgehead atoms. The maximum atomic E-state index is 11.3. The second-order valence-electron chi connectivity index (χ2n) is 2.95. The number of carbonyl (C=O) groups excluding carboxylic acids is 4. The van der Waals surface area contributed by atoms with Gasteiger partial charge in [-0.25, -0.2) is 0 Å². The van der Waals surface area contributed by atoms with Gasteiger partial charge in [0, 0.05) is 16.7 Å². The third-order valence-corrected chi connectivity index (χ3v) is 2.44. The fourth-order valence-electron chi connectivity index (χ4n) is 1.10. The smallest absolute Gasteiger partial charge is 0.284 e. The van der Waals surface area contributed by atoms with Crippen LogP contribution in [0, 0.1) is 0 Å². The summed E-state index contributed by atoms with van der Waals surface area (Å²) < 4.78 is 0. The molecule has 0 spiro atoms. The first-order valence-corrected chi connectivity index (χ1v) is 5.25. The Labute approximate surface area is 110 Å². The van der Waals surface area contributed by atoms with Crippen LogP contribution >= 0.6 is 34.8 Å². The van der Waals surface area contributed by atoms with Gasteiger partial charge < -0.3 is 0 Å². The normalized spacial score (nSPS) is 9.82. The van der Waals surface area contributed by atoms with Crippen molar-refractivity contribution < 1.29 is 19.2 Å². The Bertz CT molecular complexity index is 504. The van der Waals surface area contributed by atoms with Crippen molar-refractivity contribution in [2.45, 2.75) is 0 Å². The van der Waals surface area contributed by atoms with Crippen molar-refractivity contribution in [3.63, 3.8) is 0 Å². The van der Waals surface area contributed by atoms with Gasteiger partial charge in [-0.05, 0) is 53.0 Å². The van der Waals surface area contributed by atoms with Gasteiger partial charge in [0.2, 0.25) is 5.78 Å². The van der Waals surface area contributed by atoms with Crippen molar-refractivity contribution in [1.29, 1.82) is 0 Å². The number of ketones is 1. The van der Waals surface area contributed by atoms with Crippen LogP contribution in [0.4, 0.5) is 0 Å². The van der Waals surface area contributed by atoms with Crippen LogP contribution in [0.2, 0.25) is 0 Å². The highest BCUT2D eigenvalue weighted by Gasteiger charge is 2.18. The van der Waals surface area contributed by atoms with Gasteiger partial charge in [-0.15, -0.1) is 0 Å². The molecule has 4 nitrogen and oxygen atoms in total. The molecule has 0 N–H and O–H groups in total. The van der Waals surface area contributed by atoms with Gasteiger partial charge in [-0.1, -0.05) is 0 Å². The van der Waals surface area contributed by atoms with E-state index in [0.717, 1.165) is 18.2 Å². The van der Waals surface area contributed by atoms with E-state index in [1.807, 2.05) is 0 Å². The van der Waals surface area contributed by atoms with Crippen LogP contribution < -0.4 is 0 Å². The van der Waals surface area contributed by atoms with Crippen LogP contribution in [0.15, 0.2) is 18.2 Å². The predicted molar refractivity (Wildman–Crippen MR) is 62.0 cm³/mol. The Morgan fingerprint density at radius 2 is 1.06 bits per heavy atom. The lowest BCUT2D eigenvalue weighted by Gasteiger charge is -2.02. The number of carbonyl (C=O) groups is 4. The minimum absolute atomic E-state index is 0.126. The summed E-state index contributed by atoms with van der Waals surface area (Å²) in [6.45, 7) is 0. The Hall–Kier alpha value is -1.23. The Kier molecular flexibility index (Phi) is 4.40. The lowest BCUT2D eigenvalue weighted by Crippen LogP contribution is -2.10. The predicted octanol–water partition coefficient (Wildman–Crippen LogP) is 2.39. The third kappa shape index (κ3) is 3.36. The van der Waals surface area contributed by atoms with Crippen LogP contribution in [0.5, 0.6) is 0 Å². The van der Waals surface area contributed by atoms with Crippen molar-refractivity contribution in [3.05, 3.63) is 34.9 Å². The largest absolute Gasteiger partial charge is 0.293 e. The van der Waals surface area contributed by atoms with Gasteiger partial charge >= 0.3 is 0 Å². The van der Waals surface area contributed by atoms with E-state index in [2.05, 4.69) is 0 Å². The Morgan fingerprint density at radius 1 is 0.706 bits per heavy atom. The van der Waals surface area contributed by atoms with E-state index < -0.39 is 21.5 Å². The zero-order valence-corrected chi connectivity index (χ0v) is 10.3. The van der Waals surface area contributed by atoms with Crippen molar-refractivity contribution in [2.24, 2.45) is 0 Å². The molecule has 0 saturated carbocycles. The summed E-state index contributed by atoms with van der Waals surface area (Å²) in [7, 11) is 0. The lowest BCUT2D eigenvalue weighted by molar-refractivity contribution is -0.108. The summed E-state index contributed by atoms with van der Waals surface area (Å²) in [5.41, 5.74) is -0.473. The maximum absolute atomic E-state index is 11.3. The number of rotatable bonds is 4. The molecular formula is C10H3Cl3O4. The van der Waals surface area contributed by atoms with Gasteiger partial charge in [0.15, 0.2) is 0 Å². The molecule has 0 amide bonds. The van der Waals surface area contributed by atoms with Gasteiger partial charge in [0.1, 0.15) is 0 Å². The molecule has 88 valence electrons. The molecule has 0 aliphatic heterocycles.